The van der Waals surface area contributed by atoms with Crippen molar-refractivity contribution in [3.63, 3.8) is 0 Å². The first-order valence-corrected chi connectivity index (χ1v) is 9.95. The minimum atomic E-state index is 1.05. The van der Waals surface area contributed by atoms with Crippen LogP contribution in [-0.2, 0) is 13.0 Å². The number of benzene rings is 1. The topological polar surface area (TPSA) is 24.3 Å². The molecule has 0 unspecified atom stereocenters. The molecule has 0 atom stereocenters. The molecule has 0 radical (unpaired) electrons. The summed E-state index contributed by atoms with van der Waals surface area (Å²) in [4.78, 5) is 9.82. The van der Waals surface area contributed by atoms with Crippen LogP contribution in [0.1, 0.15) is 12.0 Å². The third-order valence-corrected chi connectivity index (χ3v) is 8.19. The quantitative estimate of drug-likeness (QED) is 0.562. The second-order valence-electron chi connectivity index (χ2n) is 6.08. The van der Waals surface area contributed by atoms with Crippen LogP contribution in [0.3, 0.4) is 0 Å². The number of hydrogen-bond acceptors (Lipinski definition) is 3. The summed E-state index contributed by atoms with van der Waals surface area (Å²) < 4.78 is 5.71. The molecule has 0 aliphatic carbocycles. The second kappa shape index (κ2) is 5.76. The molecule has 2 aliphatic heterocycles. The van der Waals surface area contributed by atoms with Crippen molar-refractivity contribution in [2.24, 2.45) is 0 Å². The second-order valence-corrected chi connectivity index (χ2v) is 8.45. The van der Waals surface area contributed by atoms with E-state index < -0.39 is 0 Å². The first kappa shape index (κ1) is 15.4. The average Bonchev–Trinajstić information content (AvgIpc) is 2.92. The highest BCUT2D eigenvalue weighted by Gasteiger charge is 2.27. The molecule has 118 valence electrons. The largest absolute Gasteiger partial charge is 0.340 e. The third-order valence-electron chi connectivity index (χ3n) is 4.69. The fourth-order valence-corrected chi connectivity index (χ4v) is 5.19. The highest BCUT2D eigenvalue weighted by molar-refractivity contribution is 9.14. The van der Waals surface area contributed by atoms with Gasteiger partial charge in [0.2, 0.25) is 5.95 Å². The molecular weight excluding hydrogens is 476 g/mol. The minimum Gasteiger partial charge on any atom is -0.340 e. The van der Waals surface area contributed by atoms with E-state index in [0.29, 0.717) is 0 Å². The van der Waals surface area contributed by atoms with Gasteiger partial charge in [-0.1, -0.05) is 0 Å². The summed E-state index contributed by atoms with van der Waals surface area (Å²) in [5.41, 5.74) is 3.75. The lowest BCUT2D eigenvalue weighted by Crippen LogP contribution is -2.45. The molecule has 4 rings (SSSR count). The zero-order chi connectivity index (χ0) is 15.4. The van der Waals surface area contributed by atoms with E-state index in [9.17, 15) is 0 Å². The van der Waals surface area contributed by atoms with E-state index in [1.54, 1.807) is 0 Å². The summed E-state index contributed by atoms with van der Waals surface area (Å²) in [5, 5.41) is 0. The van der Waals surface area contributed by atoms with Crippen LogP contribution in [0, 0.1) is 0 Å². The van der Waals surface area contributed by atoms with Crippen molar-refractivity contribution >= 4 is 64.8 Å². The Labute approximate surface area is 155 Å². The van der Waals surface area contributed by atoms with Crippen molar-refractivity contribution in [1.82, 2.24) is 14.5 Å². The SMILES string of the molecule is CN1CCN(c2nc3c(Br)c(Br)c(Br)c4c3n2CCC4)CC1. The first-order chi connectivity index (χ1) is 10.6. The van der Waals surface area contributed by atoms with Gasteiger partial charge in [0.1, 0.15) is 5.52 Å². The number of aryl methyl sites for hydroxylation is 2. The van der Waals surface area contributed by atoms with E-state index in [0.717, 1.165) is 64.0 Å². The first-order valence-electron chi connectivity index (χ1n) is 7.57. The van der Waals surface area contributed by atoms with Crippen molar-refractivity contribution in [1.29, 1.82) is 0 Å². The normalized spacial score (nSPS) is 19.2. The molecule has 1 aromatic heterocycles. The van der Waals surface area contributed by atoms with Gasteiger partial charge in [0.25, 0.3) is 0 Å². The van der Waals surface area contributed by atoms with Gasteiger partial charge >= 0.3 is 0 Å². The van der Waals surface area contributed by atoms with E-state index in [1.807, 2.05) is 0 Å². The zero-order valence-corrected chi connectivity index (χ0v) is 17.1. The Kier molecular flexibility index (Phi) is 4.03. The Balaban J connectivity index is 1.91. The van der Waals surface area contributed by atoms with Crippen molar-refractivity contribution in [3.8, 4) is 0 Å². The molecule has 0 N–H and O–H groups in total. The zero-order valence-electron chi connectivity index (χ0n) is 12.4. The number of piperazine rings is 1. The van der Waals surface area contributed by atoms with Crippen LogP contribution in [-0.4, -0.2) is 47.7 Å². The van der Waals surface area contributed by atoms with Gasteiger partial charge in [0.05, 0.1) is 9.99 Å². The molecule has 1 aromatic carbocycles. The summed E-state index contributed by atoms with van der Waals surface area (Å²) in [6.45, 7) is 5.37. The van der Waals surface area contributed by atoms with Crippen LogP contribution >= 0.6 is 47.8 Å². The van der Waals surface area contributed by atoms with Crippen LogP contribution in [0.5, 0.6) is 0 Å². The van der Waals surface area contributed by atoms with E-state index >= 15 is 0 Å². The summed E-state index contributed by atoms with van der Waals surface area (Å²) >= 11 is 11.2. The van der Waals surface area contributed by atoms with Crippen molar-refractivity contribution in [2.75, 3.05) is 38.1 Å². The Bertz CT molecular complexity index is 747. The van der Waals surface area contributed by atoms with E-state index in [1.165, 1.54) is 17.5 Å². The lowest BCUT2D eigenvalue weighted by atomic mass is 10.0. The van der Waals surface area contributed by atoms with Gasteiger partial charge in [-0.15, -0.1) is 0 Å². The fourth-order valence-electron chi connectivity index (χ4n) is 3.44. The number of hydrogen-bond donors (Lipinski definition) is 0. The minimum absolute atomic E-state index is 1.05. The lowest BCUT2D eigenvalue weighted by Gasteiger charge is -2.33. The van der Waals surface area contributed by atoms with Crippen LogP contribution in [0.4, 0.5) is 5.95 Å². The molecule has 2 aromatic rings. The maximum absolute atomic E-state index is 5.01. The van der Waals surface area contributed by atoms with Crippen molar-refractivity contribution in [2.45, 2.75) is 19.4 Å². The number of imidazole rings is 1. The monoisotopic (exact) mass is 490 g/mol. The predicted octanol–water partition coefficient (Wildman–Crippen LogP) is 4.02. The molecule has 7 heteroatoms. The van der Waals surface area contributed by atoms with Gasteiger partial charge in [-0.2, -0.15) is 0 Å². The van der Waals surface area contributed by atoms with Crippen LogP contribution in [0.25, 0.3) is 11.0 Å². The lowest BCUT2D eigenvalue weighted by molar-refractivity contribution is 0.310. The van der Waals surface area contributed by atoms with Gasteiger partial charge in [0, 0.05) is 41.7 Å². The van der Waals surface area contributed by atoms with Crippen molar-refractivity contribution < 1.29 is 0 Å². The highest BCUT2D eigenvalue weighted by atomic mass is 79.9. The number of rotatable bonds is 1. The van der Waals surface area contributed by atoms with Gasteiger partial charge in [0.15, 0.2) is 0 Å². The number of nitrogens with zero attached hydrogens (tertiary/aromatic N) is 4. The Morgan fingerprint density at radius 3 is 2.36 bits per heavy atom. The van der Waals surface area contributed by atoms with E-state index in [4.69, 9.17) is 4.98 Å². The highest BCUT2D eigenvalue weighted by Crippen LogP contribution is 2.44. The maximum atomic E-state index is 5.01. The summed E-state index contributed by atoms with van der Waals surface area (Å²) in [6, 6.07) is 0. The average molecular weight is 493 g/mol. The molecule has 3 heterocycles. The third kappa shape index (κ3) is 2.27. The standard InChI is InChI=1S/C15H17Br3N4/c1-20-5-7-21(8-6-20)15-19-13-12(18)11(17)10(16)9-3-2-4-22(15)14(9)13/h2-8H2,1H3. The van der Waals surface area contributed by atoms with Gasteiger partial charge in [-0.25, -0.2) is 4.98 Å². The molecule has 2 aliphatic rings. The summed E-state index contributed by atoms with van der Waals surface area (Å²) in [7, 11) is 2.19. The number of aromatic nitrogens is 2. The molecule has 0 bridgehead atoms. The number of anilines is 1. The molecule has 0 saturated carbocycles. The smallest absolute Gasteiger partial charge is 0.206 e. The molecule has 1 fully saturated rings. The molecule has 22 heavy (non-hydrogen) atoms. The summed E-state index contributed by atoms with van der Waals surface area (Å²) in [6.07, 6.45) is 2.28. The van der Waals surface area contributed by atoms with Gasteiger partial charge in [-0.3, -0.25) is 0 Å². The molecule has 4 nitrogen and oxygen atoms in total. The summed E-state index contributed by atoms with van der Waals surface area (Å²) in [5.74, 6) is 1.13. The predicted molar refractivity (Wildman–Crippen MR) is 101 cm³/mol. The van der Waals surface area contributed by atoms with Crippen LogP contribution in [0.15, 0.2) is 13.4 Å². The Hall–Kier alpha value is -0.110. The van der Waals surface area contributed by atoms with Crippen LogP contribution in [0.2, 0.25) is 0 Å². The van der Waals surface area contributed by atoms with Gasteiger partial charge < -0.3 is 14.4 Å². The molecule has 0 amide bonds. The van der Waals surface area contributed by atoms with Crippen LogP contribution < -0.4 is 4.90 Å². The Morgan fingerprint density at radius 1 is 0.909 bits per heavy atom. The maximum Gasteiger partial charge on any atom is 0.206 e. The van der Waals surface area contributed by atoms with E-state index in [2.05, 4.69) is 69.2 Å². The molecule has 1 saturated heterocycles. The molecular formula is C15H17Br3N4. The van der Waals surface area contributed by atoms with E-state index in [-0.39, 0.29) is 0 Å². The van der Waals surface area contributed by atoms with Crippen molar-refractivity contribution in [3.05, 3.63) is 19.0 Å². The molecule has 0 spiro atoms. The van der Waals surface area contributed by atoms with Gasteiger partial charge in [-0.05, 0) is 73.2 Å². The Morgan fingerprint density at radius 2 is 1.64 bits per heavy atom. The number of halogens is 3. The number of likely N-dealkylation sites (N-methyl/N-ethyl adjacent to an activating group) is 1. The fraction of sp³-hybridized carbons (Fsp3) is 0.533.